The van der Waals surface area contributed by atoms with Gasteiger partial charge in [-0.3, -0.25) is 4.79 Å². The quantitative estimate of drug-likeness (QED) is 0.795. The summed E-state index contributed by atoms with van der Waals surface area (Å²) in [5.41, 5.74) is 2.18. The molecular weight excluding hydrogens is 300 g/mol. The lowest BCUT2D eigenvalue weighted by atomic mass is 10.0. The van der Waals surface area contributed by atoms with Gasteiger partial charge in [0.1, 0.15) is 0 Å². The second-order valence-electron chi connectivity index (χ2n) is 6.53. The van der Waals surface area contributed by atoms with Gasteiger partial charge in [0.2, 0.25) is 0 Å². The Labute approximate surface area is 137 Å². The molecule has 3 heteroatoms. The molecule has 1 atom stereocenters. The maximum Gasteiger partial charge on any atom is 0.256 e. The Bertz CT molecular complexity index is 725. The molecule has 4 rings (SSSR count). The first kappa shape index (κ1) is 14.6. The zero-order valence-corrected chi connectivity index (χ0v) is 14.3. The van der Waals surface area contributed by atoms with Crippen molar-refractivity contribution in [3.05, 3.63) is 71.8 Å². The topological polar surface area (TPSA) is 26.3 Å². The van der Waals surface area contributed by atoms with Gasteiger partial charge in [0.15, 0.2) is 5.78 Å². The SMILES string of the molecule is CC1=C2CO[Si](c3ccccc3)(c3ccccc3)CC2CC1=O. The summed E-state index contributed by atoms with van der Waals surface area (Å²) in [7, 11) is -2.27. The van der Waals surface area contributed by atoms with Gasteiger partial charge in [0.25, 0.3) is 8.32 Å². The van der Waals surface area contributed by atoms with Crippen LogP contribution in [0.4, 0.5) is 0 Å². The van der Waals surface area contributed by atoms with Crippen LogP contribution >= 0.6 is 0 Å². The van der Waals surface area contributed by atoms with Crippen molar-refractivity contribution >= 4 is 24.5 Å². The van der Waals surface area contributed by atoms with Gasteiger partial charge in [-0.2, -0.15) is 0 Å². The zero-order valence-electron chi connectivity index (χ0n) is 13.3. The number of fused-ring (bicyclic) bond motifs is 1. The van der Waals surface area contributed by atoms with E-state index >= 15 is 0 Å². The van der Waals surface area contributed by atoms with Gasteiger partial charge in [-0.05, 0) is 40.4 Å². The third-order valence-corrected chi connectivity index (χ3v) is 9.55. The highest BCUT2D eigenvalue weighted by atomic mass is 28.4. The Hall–Kier alpha value is -1.97. The van der Waals surface area contributed by atoms with Crippen LogP contribution in [0, 0.1) is 5.92 Å². The average Bonchev–Trinajstić information content (AvgIpc) is 2.90. The van der Waals surface area contributed by atoms with Gasteiger partial charge in [-0.15, -0.1) is 0 Å². The number of ketones is 1. The van der Waals surface area contributed by atoms with E-state index in [1.165, 1.54) is 15.9 Å². The number of rotatable bonds is 2. The lowest BCUT2D eigenvalue weighted by molar-refractivity contribution is -0.115. The predicted octanol–water partition coefficient (Wildman–Crippen LogP) is 2.68. The van der Waals surface area contributed by atoms with Crippen LogP contribution in [0.2, 0.25) is 6.04 Å². The number of hydrogen-bond acceptors (Lipinski definition) is 2. The van der Waals surface area contributed by atoms with Crippen LogP contribution in [-0.2, 0) is 9.22 Å². The molecule has 2 aromatic rings. The smallest absolute Gasteiger partial charge is 0.256 e. The number of Topliss-reactive ketones (excluding diaryl/α,β-unsaturated/α-hetero) is 1. The number of allylic oxidation sites excluding steroid dienone is 1. The standard InChI is InChI=1S/C20H20O2Si/c1-15-19-13-22-23(14-16(19)12-20(15)21,17-8-4-2-5-9-17)18-10-6-3-7-11-18/h2-11,16H,12-14H2,1H3. The molecule has 1 unspecified atom stereocenters. The molecule has 0 spiro atoms. The summed E-state index contributed by atoms with van der Waals surface area (Å²) in [5.74, 6) is 0.669. The molecule has 1 aliphatic carbocycles. The van der Waals surface area contributed by atoms with Gasteiger partial charge >= 0.3 is 0 Å². The lowest BCUT2D eigenvalue weighted by Crippen LogP contribution is -2.63. The fraction of sp³-hybridized carbons (Fsp3) is 0.250. The van der Waals surface area contributed by atoms with E-state index in [4.69, 9.17) is 4.43 Å². The summed E-state index contributed by atoms with van der Waals surface area (Å²) in [6, 6.07) is 22.2. The second kappa shape index (κ2) is 5.59. The summed E-state index contributed by atoms with van der Waals surface area (Å²) in [6.45, 7) is 2.57. The number of hydrogen-bond donors (Lipinski definition) is 0. The van der Waals surface area contributed by atoms with Crippen molar-refractivity contribution in [2.45, 2.75) is 19.4 Å². The molecule has 0 radical (unpaired) electrons. The lowest BCUT2D eigenvalue weighted by Gasteiger charge is -2.39. The van der Waals surface area contributed by atoms with E-state index in [2.05, 4.69) is 48.5 Å². The Kier molecular flexibility index (Phi) is 3.55. The summed E-state index contributed by atoms with van der Waals surface area (Å²) < 4.78 is 6.60. The molecule has 0 N–H and O–H groups in total. The van der Waals surface area contributed by atoms with Crippen LogP contribution in [0.5, 0.6) is 0 Å². The minimum Gasteiger partial charge on any atom is -0.404 e. The molecule has 23 heavy (non-hydrogen) atoms. The highest BCUT2D eigenvalue weighted by Crippen LogP contribution is 2.39. The summed E-state index contributed by atoms with van der Waals surface area (Å²) in [6.07, 6.45) is 0.666. The molecule has 1 saturated heterocycles. The summed E-state index contributed by atoms with van der Waals surface area (Å²) >= 11 is 0. The Morgan fingerprint density at radius 2 is 1.52 bits per heavy atom. The van der Waals surface area contributed by atoms with Crippen molar-refractivity contribution in [1.29, 1.82) is 0 Å². The molecule has 2 aliphatic rings. The molecule has 0 bridgehead atoms. The largest absolute Gasteiger partial charge is 0.404 e. The van der Waals surface area contributed by atoms with Gasteiger partial charge in [0, 0.05) is 6.42 Å². The highest BCUT2D eigenvalue weighted by Gasteiger charge is 2.48. The Morgan fingerprint density at radius 1 is 0.957 bits per heavy atom. The average molecular weight is 320 g/mol. The first-order valence-corrected chi connectivity index (χ1v) is 10.3. The van der Waals surface area contributed by atoms with E-state index < -0.39 is 8.32 Å². The molecule has 0 amide bonds. The number of benzene rings is 2. The van der Waals surface area contributed by atoms with Gasteiger partial charge in [-0.1, -0.05) is 60.7 Å². The van der Waals surface area contributed by atoms with Gasteiger partial charge in [-0.25, -0.2) is 0 Å². The van der Waals surface area contributed by atoms with Crippen LogP contribution in [-0.4, -0.2) is 20.7 Å². The summed E-state index contributed by atoms with van der Waals surface area (Å²) in [4.78, 5) is 12.1. The van der Waals surface area contributed by atoms with E-state index in [0.29, 0.717) is 24.7 Å². The zero-order chi connectivity index (χ0) is 15.9. The minimum atomic E-state index is -2.27. The fourth-order valence-electron chi connectivity index (χ4n) is 4.00. The molecule has 1 heterocycles. The normalized spacial score (nSPS) is 23.0. The van der Waals surface area contributed by atoms with Crippen molar-refractivity contribution in [2.75, 3.05) is 6.61 Å². The van der Waals surface area contributed by atoms with Crippen molar-refractivity contribution < 1.29 is 9.22 Å². The fourth-order valence-corrected chi connectivity index (χ4v) is 8.20. The van der Waals surface area contributed by atoms with Crippen molar-refractivity contribution in [1.82, 2.24) is 0 Å². The predicted molar refractivity (Wildman–Crippen MR) is 94.5 cm³/mol. The van der Waals surface area contributed by atoms with Crippen LogP contribution in [0.1, 0.15) is 13.3 Å². The maximum absolute atomic E-state index is 12.1. The van der Waals surface area contributed by atoms with Gasteiger partial charge in [0.05, 0.1) is 6.61 Å². The highest BCUT2D eigenvalue weighted by molar-refractivity contribution is 6.97. The van der Waals surface area contributed by atoms with Crippen LogP contribution in [0.15, 0.2) is 71.8 Å². The van der Waals surface area contributed by atoms with E-state index in [9.17, 15) is 4.79 Å². The first-order valence-electron chi connectivity index (χ1n) is 8.18. The van der Waals surface area contributed by atoms with E-state index in [0.717, 1.165) is 11.6 Å². The monoisotopic (exact) mass is 320 g/mol. The van der Waals surface area contributed by atoms with Crippen molar-refractivity contribution in [3.8, 4) is 0 Å². The van der Waals surface area contributed by atoms with E-state index in [-0.39, 0.29) is 0 Å². The van der Waals surface area contributed by atoms with E-state index in [1.54, 1.807) is 0 Å². The van der Waals surface area contributed by atoms with E-state index in [1.807, 2.05) is 19.1 Å². The van der Waals surface area contributed by atoms with Crippen LogP contribution in [0.25, 0.3) is 0 Å². The Balaban J connectivity index is 1.82. The van der Waals surface area contributed by atoms with Crippen LogP contribution in [0.3, 0.4) is 0 Å². The molecule has 1 aliphatic heterocycles. The molecule has 0 saturated carbocycles. The number of carbonyl (C=O) groups is 1. The Morgan fingerprint density at radius 3 is 2.09 bits per heavy atom. The molecule has 2 aromatic carbocycles. The van der Waals surface area contributed by atoms with Crippen molar-refractivity contribution in [3.63, 3.8) is 0 Å². The molecule has 0 aromatic heterocycles. The third kappa shape index (κ3) is 2.31. The van der Waals surface area contributed by atoms with Crippen LogP contribution < -0.4 is 10.4 Å². The second-order valence-corrected chi connectivity index (χ2v) is 10.0. The summed E-state index contributed by atoms with van der Waals surface area (Å²) in [5, 5.41) is 2.62. The minimum absolute atomic E-state index is 0.305. The number of carbonyl (C=O) groups excluding carboxylic acids is 1. The van der Waals surface area contributed by atoms with Gasteiger partial charge < -0.3 is 4.43 Å². The molecule has 116 valence electrons. The molecule has 2 nitrogen and oxygen atoms in total. The third-order valence-electron chi connectivity index (χ3n) is 5.31. The first-order chi connectivity index (χ1) is 11.2. The maximum atomic E-state index is 12.1. The van der Waals surface area contributed by atoms with Crippen molar-refractivity contribution in [2.24, 2.45) is 5.92 Å². The molecule has 1 fully saturated rings. The molecular formula is C20H20O2Si.